The number of halogens is 2. The maximum absolute atomic E-state index is 10.2. The number of aliphatic hydroxyl groups is 1. The number of hydrogen-bond donors (Lipinski definition) is 1. The van der Waals surface area contributed by atoms with Crippen LogP contribution in [0, 0.1) is 6.92 Å². The van der Waals surface area contributed by atoms with Crippen LogP contribution in [0.2, 0.25) is 5.02 Å². The minimum atomic E-state index is -0.657. The van der Waals surface area contributed by atoms with Crippen molar-refractivity contribution in [2.45, 2.75) is 13.0 Å². The molecule has 0 aliphatic carbocycles. The summed E-state index contributed by atoms with van der Waals surface area (Å²) in [6, 6.07) is 7.47. The van der Waals surface area contributed by atoms with Gasteiger partial charge in [-0.2, -0.15) is 0 Å². The van der Waals surface area contributed by atoms with Gasteiger partial charge in [0.05, 0.1) is 0 Å². The number of benzene rings is 1. The molecular weight excluding hydrogens is 308 g/mol. The molecule has 1 heterocycles. The van der Waals surface area contributed by atoms with E-state index in [1.165, 1.54) is 4.88 Å². The molecule has 2 aromatic rings. The molecule has 0 bridgehead atoms. The first kappa shape index (κ1) is 12.1. The molecule has 0 aliphatic rings. The van der Waals surface area contributed by atoms with Crippen molar-refractivity contribution in [1.29, 1.82) is 0 Å². The maximum atomic E-state index is 10.2. The Labute approximate surface area is 112 Å². The molecule has 0 amide bonds. The van der Waals surface area contributed by atoms with Gasteiger partial charge in [-0.3, -0.25) is 0 Å². The van der Waals surface area contributed by atoms with E-state index in [0.29, 0.717) is 5.02 Å². The summed E-state index contributed by atoms with van der Waals surface area (Å²) in [6.07, 6.45) is -0.657. The van der Waals surface area contributed by atoms with Crippen LogP contribution in [-0.2, 0) is 0 Å². The summed E-state index contributed by atoms with van der Waals surface area (Å²) >= 11 is 11.1. The van der Waals surface area contributed by atoms with E-state index in [1.807, 2.05) is 30.5 Å². The van der Waals surface area contributed by atoms with Crippen LogP contribution in [-0.4, -0.2) is 5.11 Å². The molecule has 1 aromatic carbocycles. The zero-order chi connectivity index (χ0) is 11.7. The van der Waals surface area contributed by atoms with Crippen LogP contribution in [0.25, 0.3) is 0 Å². The zero-order valence-corrected chi connectivity index (χ0v) is 11.7. The molecule has 0 radical (unpaired) electrons. The zero-order valence-electron chi connectivity index (χ0n) is 8.58. The van der Waals surface area contributed by atoms with Gasteiger partial charge in [-0.15, -0.1) is 11.3 Å². The Morgan fingerprint density at radius 3 is 2.75 bits per heavy atom. The number of aliphatic hydroxyl groups excluding tert-OH is 1. The first-order valence-corrected chi connectivity index (χ1v) is 6.81. The molecule has 1 aromatic heterocycles. The second kappa shape index (κ2) is 4.88. The molecule has 0 saturated carbocycles. The summed E-state index contributed by atoms with van der Waals surface area (Å²) in [7, 11) is 0. The fourth-order valence-corrected chi connectivity index (χ4v) is 2.83. The van der Waals surface area contributed by atoms with E-state index < -0.39 is 6.10 Å². The maximum Gasteiger partial charge on any atom is 0.106 e. The van der Waals surface area contributed by atoms with Crippen LogP contribution in [0.1, 0.15) is 22.1 Å². The van der Waals surface area contributed by atoms with Crippen LogP contribution >= 0.6 is 38.9 Å². The van der Waals surface area contributed by atoms with Crippen LogP contribution in [0.4, 0.5) is 0 Å². The van der Waals surface area contributed by atoms with Crippen LogP contribution in [0.5, 0.6) is 0 Å². The van der Waals surface area contributed by atoms with Gasteiger partial charge in [0.15, 0.2) is 0 Å². The smallest absolute Gasteiger partial charge is 0.106 e. The third-order valence-corrected chi connectivity index (χ3v) is 4.04. The second-order valence-electron chi connectivity index (χ2n) is 3.56. The lowest BCUT2D eigenvalue weighted by molar-refractivity contribution is 0.221. The van der Waals surface area contributed by atoms with Gasteiger partial charge in [0, 0.05) is 19.9 Å². The average molecular weight is 318 g/mol. The molecule has 16 heavy (non-hydrogen) atoms. The molecule has 1 atom stereocenters. The molecule has 0 spiro atoms. The highest BCUT2D eigenvalue weighted by Crippen LogP contribution is 2.32. The fourth-order valence-electron chi connectivity index (χ4n) is 1.51. The van der Waals surface area contributed by atoms with Crippen molar-refractivity contribution < 1.29 is 5.11 Å². The summed E-state index contributed by atoms with van der Waals surface area (Å²) in [5.41, 5.74) is 1.62. The van der Waals surface area contributed by atoms with Crippen molar-refractivity contribution in [3.63, 3.8) is 0 Å². The van der Waals surface area contributed by atoms with E-state index in [0.717, 1.165) is 15.6 Å². The van der Waals surface area contributed by atoms with Gasteiger partial charge in [-0.05, 0) is 42.1 Å². The third kappa shape index (κ3) is 2.48. The van der Waals surface area contributed by atoms with Gasteiger partial charge in [0.2, 0.25) is 0 Å². The summed E-state index contributed by atoms with van der Waals surface area (Å²) in [4.78, 5) is 1.18. The standard InChI is InChI=1S/C12H10BrClOS/c1-7-4-8(6-16-7)12(15)10-5-9(13)2-3-11(10)14/h2-6,12,15H,1H3. The second-order valence-corrected chi connectivity index (χ2v) is 6.00. The Kier molecular flexibility index (Phi) is 3.70. The molecule has 0 saturated heterocycles. The first-order valence-electron chi connectivity index (χ1n) is 4.76. The average Bonchev–Trinajstić information content (AvgIpc) is 2.67. The van der Waals surface area contributed by atoms with Gasteiger partial charge in [0.25, 0.3) is 0 Å². The predicted molar refractivity (Wildman–Crippen MR) is 72.3 cm³/mol. The van der Waals surface area contributed by atoms with Crippen molar-refractivity contribution in [2.24, 2.45) is 0 Å². The van der Waals surface area contributed by atoms with Crippen molar-refractivity contribution in [3.05, 3.63) is 55.1 Å². The lowest BCUT2D eigenvalue weighted by Crippen LogP contribution is -1.98. The first-order chi connectivity index (χ1) is 7.58. The summed E-state index contributed by atoms with van der Waals surface area (Å²) in [5.74, 6) is 0. The highest BCUT2D eigenvalue weighted by Gasteiger charge is 2.15. The van der Waals surface area contributed by atoms with Crippen LogP contribution < -0.4 is 0 Å². The molecule has 2 rings (SSSR count). The van der Waals surface area contributed by atoms with E-state index >= 15 is 0 Å². The Balaban J connectivity index is 2.40. The van der Waals surface area contributed by atoms with Crippen molar-refractivity contribution in [3.8, 4) is 0 Å². The fraction of sp³-hybridized carbons (Fsp3) is 0.167. The minimum Gasteiger partial charge on any atom is -0.384 e. The van der Waals surface area contributed by atoms with E-state index in [2.05, 4.69) is 15.9 Å². The van der Waals surface area contributed by atoms with Crippen molar-refractivity contribution in [2.75, 3.05) is 0 Å². The van der Waals surface area contributed by atoms with Crippen molar-refractivity contribution >= 4 is 38.9 Å². The Morgan fingerprint density at radius 2 is 2.12 bits per heavy atom. The topological polar surface area (TPSA) is 20.2 Å². The minimum absolute atomic E-state index is 0.583. The normalized spacial score (nSPS) is 12.8. The highest BCUT2D eigenvalue weighted by molar-refractivity contribution is 9.10. The largest absolute Gasteiger partial charge is 0.384 e. The Hall–Kier alpha value is -0.350. The van der Waals surface area contributed by atoms with Crippen LogP contribution in [0.15, 0.2) is 34.1 Å². The van der Waals surface area contributed by atoms with E-state index in [-0.39, 0.29) is 0 Å². The Bertz CT molecular complexity index is 509. The van der Waals surface area contributed by atoms with Gasteiger partial charge in [-0.1, -0.05) is 27.5 Å². The van der Waals surface area contributed by atoms with Gasteiger partial charge >= 0.3 is 0 Å². The molecule has 1 N–H and O–H groups in total. The Morgan fingerprint density at radius 1 is 1.38 bits per heavy atom. The third-order valence-electron chi connectivity index (χ3n) is 2.32. The summed E-state index contributed by atoms with van der Waals surface area (Å²) in [5, 5.41) is 12.8. The summed E-state index contributed by atoms with van der Waals surface area (Å²) in [6.45, 7) is 2.02. The number of thiophene rings is 1. The highest BCUT2D eigenvalue weighted by atomic mass is 79.9. The molecule has 0 aliphatic heterocycles. The van der Waals surface area contributed by atoms with Gasteiger partial charge < -0.3 is 5.11 Å². The number of hydrogen-bond acceptors (Lipinski definition) is 2. The van der Waals surface area contributed by atoms with E-state index in [4.69, 9.17) is 11.6 Å². The molecule has 1 unspecified atom stereocenters. The SMILES string of the molecule is Cc1cc(C(O)c2cc(Br)ccc2Cl)cs1. The molecule has 1 nitrogen and oxygen atoms in total. The lowest BCUT2D eigenvalue weighted by atomic mass is 10.0. The molecule has 0 fully saturated rings. The molecular formula is C12H10BrClOS. The summed E-state index contributed by atoms with van der Waals surface area (Å²) < 4.78 is 0.915. The quantitative estimate of drug-likeness (QED) is 0.861. The predicted octanol–water partition coefficient (Wildman–Crippen LogP) is 4.55. The van der Waals surface area contributed by atoms with Crippen LogP contribution in [0.3, 0.4) is 0 Å². The van der Waals surface area contributed by atoms with E-state index in [1.54, 1.807) is 17.4 Å². The lowest BCUT2D eigenvalue weighted by Gasteiger charge is -2.11. The molecule has 4 heteroatoms. The monoisotopic (exact) mass is 316 g/mol. The van der Waals surface area contributed by atoms with Crippen molar-refractivity contribution in [1.82, 2.24) is 0 Å². The van der Waals surface area contributed by atoms with Gasteiger partial charge in [0.1, 0.15) is 6.10 Å². The van der Waals surface area contributed by atoms with E-state index in [9.17, 15) is 5.11 Å². The number of rotatable bonds is 2. The molecule has 84 valence electrons. The van der Waals surface area contributed by atoms with Gasteiger partial charge in [-0.25, -0.2) is 0 Å². The number of aryl methyl sites for hydroxylation is 1.